The van der Waals surface area contributed by atoms with Crippen molar-refractivity contribution in [2.45, 2.75) is 13.8 Å². The van der Waals surface area contributed by atoms with E-state index in [0.717, 1.165) is 5.33 Å². The van der Waals surface area contributed by atoms with Crippen LogP contribution >= 0.6 is 15.9 Å². The fourth-order valence-electron chi connectivity index (χ4n) is 1.06. The van der Waals surface area contributed by atoms with Crippen LogP contribution in [0.25, 0.3) is 0 Å². The van der Waals surface area contributed by atoms with Gasteiger partial charge in [0.2, 0.25) is 0 Å². The quantitative estimate of drug-likeness (QED) is 0.614. The lowest BCUT2D eigenvalue weighted by Gasteiger charge is -2.20. The average Bonchev–Trinajstić information content (AvgIpc) is 1.95. The molecule has 0 aromatic rings. The minimum Gasteiger partial charge on any atom is -0.294 e. The molecule has 0 saturated heterocycles. The molecule has 1 nitrogen and oxygen atoms in total. The lowest BCUT2D eigenvalue weighted by molar-refractivity contribution is -0.120. The molecule has 0 fully saturated rings. The molecule has 0 atom stereocenters. The van der Waals surface area contributed by atoms with Gasteiger partial charge >= 0.3 is 0 Å². The van der Waals surface area contributed by atoms with E-state index in [2.05, 4.69) is 15.9 Å². The first kappa shape index (κ1) is 8.72. The number of alkyl halides is 1. The van der Waals surface area contributed by atoms with Gasteiger partial charge in [0.15, 0.2) is 5.78 Å². The van der Waals surface area contributed by atoms with Crippen LogP contribution in [0.5, 0.6) is 0 Å². The van der Waals surface area contributed by atoms with Gasteiger partial charge in [-0.1, -0.05) is 28.1 Å². The number of hydrogen-bond acceptors (Lipinski definition) is 1. The van der Waals surface area contributed by atoms with Gasteiger partial charge in [0.1, 0.15) is 0 Å². The molecule has 0 spiro atoms. The molecule has 0 unspecified atom stereocenters. The molecule has 0 aromatic heterocycles. The van der Waals surface area contributed by atoms with Crippen molar-refractivity contribution in [3.05, 3.63) is 23.8 Å². The first-order chi connectivity index (χ1) is 5.06. The van der Waals surface area contributed by atoms with E-state index in [1.807, 2.05) is 26.0 Å². The van der Waals surface area contributed by atoms with Crippen LogP contribution in [-0.2, 0) is 4.79 Å². The van der Waals surface area contributed by atoms with E-state index in [1.165, 1.54) is 5.57 Å². The van der Waals surface area contributed by atoms with Crippen molar-refractivity contribution in [1.82, 2.24) is 0 Å². The minimum atomic E-state index is -0.308. The van der Waals surface area contributed by atoms with Crippen molar-refractivity contribution < 1.29 is 4.79 Å². The monoisotopic (exact) mass is 214 g/mol. The van der Waals surface area contributed by atoms with Gasteiger partial charge < -0.3 is 0 Å². The van der Waals surface area contributed by atoms with Crippen LogP contribution in [0, 0.1) is 5.41 Å². The highest BCUT2D eigenvalue weighted by Gasteiger charge is 2.25. The molecule has 0 heterocycles. The summed E-state index contributed by atoms with van der Waals surface area (Å²) in [5.74, 6) is 0.183. The molecule has 0 N–H and O–H groups in total. The standard InChI is InChI=1S/C9H11BrO/c1-9(2)5-7(6-10)3-4-8(9)11/h3-5H,6H2,1-2H3. The lowest BCUT2D eigenvalue weighted by Crippen LogP contribution is -2.22. The highest BCUT2D eigenvalue weighted by atomic mass is 79.9. The number of allylic oxidation sites excluding steroid dienone is 4. The molecule has 2 heteroatoms. The molecule has 11 heavy (non-hydrogen) atoms. The SMILES string of the molecule is CC1(C)C=C(CBr)C=CC1=O. The Labute approximate surface area is 75.3 Å². The molecule has 0 radical (unpaired) electrons. The fraction of sp³-hybridized carbons (Fsp3) is 0.444. The topological polar surface area (TPSA) is 17.1 Å². The summed E-state index contributed by atoms with van der Waals surface area (Å²) >= 11 is 3.35. The van der Waals surface area contributed by atoms with Gasteiger partial charge in [-0.05, 0) is 25.5 Å². The molecule has 0 aromatic carbocycles. The normalized spacial score (nSPS) is 21.7. The van der Waals surface area contributed by atoms with Gasteiger partial charge in [-0.25, -0.2) is 0 Å². The van der Waals surface area contributed by atoms with Gasteiger partial charge in [0, 0.05) is 10.7 Å². The summed E-state index contributed by atoms with van der Waals surface area (Å²) in [6, 6.07) is 0. The Balaban J connectivity index is 2.93. The highest BCUT2D eigenvalue weighted by molar-refractivity contribution is 9.09. The molecule has 1 aliphatic carbocycles. The third-order valence-corrected chi connectivity index (χ3v) is 2.43. The summed E-state index contributed by atoms with van der Waals surface area (Å²) in [5, 5.41) is 0.820. The third kappa shape index (κ3) is 1.80. The summed E-state index contributed by atoms with van der Waals surface area (Å²) in [4.78, 5) is 11.2. The van der Waals surface area contributed by atoms with E-state index in [1.54, 1.807) is 6.08 Å². The Bertz CT molecular complexity index is 236. The van der Waals surface area contributed by atoms with Gasteiger partial charge in [-0.2, -0.15) is 0 Å². The Hall–Kier alpha value is -0.370. The first-order valence-corrected chi connectivity index (χ1v) is 4.68. The predicted molar refractivity (Wildman–Crippen MR) is 49.8 cm³/mol. The zero-order valence-electron chi connectivity index (χ0n) is 6.73. The summed E-state index contributed by atoms with van der Waals surface area (Å²) in [6.07, 6.45) is 5.52. The molecular weight excluding hydrogens is 204 g/mol. The van der Waals surface area contributed by atoms with E-state index in [0.29, 0.717) is 0 Å². The molecule has 0 saturated carbocycles. The smallest absolute Gasteiger partial charge is 0.165 e. The highest BCUT2D eigenvalue weighted by Crippen LogP contribution is 2.26. The maximum Gasteiger partial charge on any atom is 0.165 e. The van der Waals surface area contributed by atoms with Crippen LogP contribution in [0.15, 0.2) is 23.8 Å². The van der Waals surface area contributed by atoms with Crippen molar-refractivity contribution in [3.8, 4) is 0 Å². The Morgan fingerprint density at radius 1 is 1.45 bits per heavy atom. The van der Waals surface area contributed by atoms with Crippen LogP contribution in [0.1, 0.15) is 13.8 Å². The zero-order valence-corrected chi connectivity index (χ0v) is 8.31. The Morgan fingerprint density at radius 3 is 2.55 bits per heavy atom. The van der Waals surface area contributed by atoms with Crippen molar-refractivity contribution in [1.29, 1.82) is 0 Å². The van der Waals surface area contributed by atoms with Gasteiger partial charge in [-0.3, -0.25) is 4.79 Å². The van der Waals surface area contributed by atoms with E-state index >= 15 is 0 Å². The molecule has 0 amide bonds. The second-order valence-corrected chi connectivity index (χ2v) is 3.83. The Morgan fingerprint density at radius 2 is 2.09 bits per heavy atom. The van der Waals surface area contributed by atoms with E-state index in [4.69, 9.17) is 0 Å². The minimum absolute atomic E-state index is 0.183. The third-order valence-electron chi connectivity index (χ3n) is 1.78. The van der Waals surface area contributed by atoms with Gasteiger partial charge in [-0.15, -0.1) is 0 Å². The summed E-state index contributed by atoms with van der Waals surface area (Å²) in [5.41, 5.74) is 0.868. The maximum atomic E-state index is 11.2. The Kier molecular flexibility index (Phi) is 2.33. The molecular formula is C9H11BrO. The second-order valence-electron chi connectivity index (χ2n) is 3.27. The second kappa shape index (κ2) is 2.94. The summed E-state index contributed by atoms with van der Waals surface area (Å²) < 4.78 is 0. The first-order valence-electron chi connectivity index (χ1n) is 3.56. The maximum absolute atomic E-state index is 11.2. The number of ketones is 1. The number of hydrogen-bond donors (Lipinski definition) is 0. The molecule has 1 aliphatic rings. The van der Waals surface area contributed by atoms with Crippen LogP contribution in [0.4, 0.5) is 0 Å². The van der Waals surface area contributed by atoms with E-state index in [-0.39, 0.29) is 11.2 Å². The largest absolute Gasteiger partial charge is 0.294 e. The fourth-order valence-corrected chi connectivity index (χ4v) is 1.41. The van der Waals surface area contributed by atoms with Crippen LogP contribution in [0.3, 0.4) is 0 Å². The number of carbonyl (C=O) groups is 1. The molecule has 0 aliphatic heterocycles. The van der Waals surface area contributed by atoms with Gasteiger partial charge in [0.05, 0.1) is 0 Å². The average molecular weight is 215 g/mol. The van der Waals surface area contributed by atoms with E-state index in [9.17, 15) is 4.79 Å². The van der Waals surface area contributed by atoms with Crippen molar-refractivity contribution in [3.63, 3.8) is 0 Å². The molecule has 1 rings (SSSR count). The lowest BCUT2D eigenvalue weighted by atomic mass is 9.83. The van der Waals surface area contributed by atoms with Gasteiger partial charge in [0.25, 0.3) is 0 Å². The molecule has 60 valence electrons. The molecule has 0 bridgehead atoms. The van der Waals surface area contributed by atoms with Crippen LogP contribution in [-0.4, -0.2) is 11.1 Å². The number of carbonyl (C=O) groups excluding carboxylic acids is 1. The summed E-state index contributed by atoms with van der Waals surface area (Å²) in [7, 11) is 0. The van der Waals surface area contributed by atoms with E-state index < -0.39 is 0 Å². The number of rotatable bonds is 1. The zero-order chi connectivity index (χ0) is 8.48. The predicted octanol–water partition coefficient (Wildman–Crippen LogP) is 2.47. The van der Waals surface area contributed by atoms with Crippen molar-refractivity contribution in [2.24, 2.45) is 5.41 Å². The van der Waals surface area contributed by atoms with Crippen LogP contribution < -0.4 is 0 Å². The van der Waals surface area contributed by atoms with Crippen molar-refractivity contribution >= 4 is 21.7 Å². The summed E-state index contributed by atoms with van der Waals surface area (Å²) in [6.45, 7) is 3.86. The number of halogens is 1. The van der Waals surface area contributed by atoms with Crippen molar-refractivity contribution in [2.75, 3.05) is 5.33 Å². The van der Waals surface area contributed by atoms with Crippen LogP contribution in [0.2, 0.25) is 0 Å².